The van der Waals surface area contributed by atoms with Gasteiger partial charge in [-0.15, -0.1) is 23.5 Å². The molecule has 134 valence electrons. The number of rotatable bonds is 8. The minimum Gasteiger partial charge on any atom is -0.444 e. The van der Waals surface area contributed by atoms with Crippen molar-refractivity contribution in [1.29, 1.82) is 0 Å². The molecule has 0 aromatic heterocycles. The Morgan fingerprint density at radius 1 is 1.12 bits per heavy atom. The van der Waals surface area contributed by atoms with Gasteiger partial charge >= 0.3 is 6.09 Å². The molecule has 0 aliphatic carbocycles. The predicted octanol–water partition coefficient (Wildman–Crippen LogP) is 4.13. The van der Waals surface area contributed by atoms with Crippen LogP contribution in [0.1, 0.15) is 32.8 Å². The number of hydrogen-bond donors (Lipinski definition) is 1. The molecule has 1 unspecified atom stereocenters. The molecule has 0 radical (unpaired) electrons. The molecule has 0 heterocycles. The Labute approximate surface area is 153 Å². The van der Waals surface area contributed by atoms with Gasteiger partial charge in [0.15, 0.2) is 5.78 Å². The number of ketones is 1. The third kappa shape index (κ3) is 7.62. The van der Waals surface area contributed by atoms with Crippen LogP contribution in [0, 0.1) is 0 Å². The zero-order valence-electron chi connectivity index (χ0n) is 15.0. The lowest BCUT2D eigenvalue weighted by molar-refractivity contribution is -0.119. The van der Waals surface area contributed by atoms with Gasteiger partial charge in [0.1, 0.15) is 10.2 Å². The van der Waals surface area contributed by atoms with Crippen LogP contribution in [-0.4, -0.2) is 40.6 Å². The lowest BCUT2D eigenvalue weighted by atomic mass is 10.0. The van der Waals surface area contributed by atoms with Crippen LogP contribution in [0.15, 0.2) is 30.3 Å². The highest BCUT2D eigenvalue weighted by molar-refractivity contribution is 8.17. The molecule has 0 aliphatic heterocycles. The fourth-order valence-corrected chi connectivity index (χ4v) is 3.75. The number of alkyl carbamates (subject to hydrolysis) is 1. The number of benzene rings is 1. The third-order valence-electron chi connectivity index (χ3n) is 3.26. The summed E-state index contributed by atoms with van der Waals surface area (Å²) >= 11 is 2.98. The molecule has 0 fully saturated rings. The van der Waals surface area contributed by atoms with E-state index in [9.17, 15) is 9.59 Å². The Hall–Kier alpha value is -1.14. The van der Waals surface area contributed by atoms with Crippen molar-refractivity contribution in [3.8, 4) is 0 Å². The van der Waals surface area contributed by atoms with Crippen LogP contribution in [-0.2, 0) is 16.0 Å². The summed E-state index contributed by atoms with van der Waals surface area (Å²) in [5.41, 5.74) is 0.557. The van der Waals surface area contributed by atoms with Gasteiger partial charge in [0, 0.05) is 0 Å². The number of ether oxygens (including phenoxy) is 1. The molecule has 0 saturated carbocycles. The van der Waals surface area contributed by atoms with E-state index >= 15 is 0 Å². The zero-order chi connectivity index (χ0) is 18.2. The highest BCUT2D eigenvalue weighted by Crippen LogP contribution is 2.22. The normalized spacial score (nSPS) is 12.8. The minimum atomic E-state index is -0.588. The molecule has 1 aromatic carbocycles. The monoisotopic (exact) mass is 369 g/mol. The fraction of sp³-hybridized carbons (Fsp3) is 0.556. The molecule has 1 rings (SSSR count). The van der Waals surface area contributed by atoms with Gasteiger partial charge in [-0.2, -0.15) is 0 Å². The van der Waals surface area contributed by atoms with Crippen LogP contribution in [0.3, 0.4) is 0 Å². The molecule has 1 atom stereocenters. The lowest BCUT2D eigenvalue weighted by Crippen LogP contribution is -2.46. The second-order valence-corrected chi connectivity index (χ2v) is 8.61. The molecule has 0 spiro atoms. The molecular formula is C18H27NO3S2. The van der Waals surface area contributed by atoms with Crippen molar-refractivity contribution in [2.75, 3.05) is 12.5 Å². The van der Waals surface area contributed by atoms with Gasteiger partial charge < -0.3 is 10.1 Å². The molecule has 1 amide bonds. The molecule has 1 aromatic rings. The van der Waals surface area contributed by atoms with Crippen LogP contribution in [0.5, 0.6) is 0 Å². The van der Waals surface area contributed by atoms with E-state index in [2.05, 4.69) is 5.32 Å². The maximum absolute atomic E-state index is 12.7. The van der Waals surface area contributed by atoms with Gasteiger partial charge in [-0.25, -0.2) is 4.79 Å². The van der Waals surface area contributed by atoms with E-state index in [1.165, 1.54) is 23.5 Å². The van der Waals surface area contributed by atoms with Gasteiger partial charge in [-0.1, -0.05) is 30.3 Å². The van der Waals surface area contributed by atoms with E-state index in [1.807, 2.05) is 42.8 Å². The molecule has 1 N–H and O–H groups in total. The summed E-state index contributed by atoms with van der Waals surface area (Å²) in [4.78, 5) is 24.8. The number of carbonyl (C=O) groups excluding carboxylic acids is 2. The van der Waals surface area contributed by atoms with Crippen molar-refractivity contribution in [2.45, 2.75) is 49.8 Å². The van der Waals surface area contributed by atoms with E-state index in [1.54, 1.807) is 20.8 Å². The van der Waals surface area contributed by atoms with E-state index in [-0.39, 0.29) is 10.4 Å². The number of amides is 1. The molecule has 0 bridgehead atoms. The van der Waals surface area contributed by atoms with Crippen LogP contribution in [0.2, 0.25) is 0 Å². The smallest absolute Gasteiger partial charge is 0.408 e. The average molecular weight is 370 g/mol. The third-order valence-corrected chi connectivity index (χ3v) is 5.74. The molecule has 4 nitrogen and oxygen atoms in total. The number of aryl methyl sites for hydroxylation is 1. The number of nitrogens with one attached hydrogen (secondary N) is 1. The molecular weight excluding hydrogens is 342 g/mol. The maximum atomic E-state index is 12.7. The summed E-state index contributed by atoms with van der Waals surface area (Å²) in [5, 5.41) is 2.76. The molecule has 0 saturated heterocycles. The van der Waals surface area contributed by atoms with Crippen molar-refractivity contribution in [3.63, 3.8) is 0 Å². The van der Waals surface area contributed by atoms with Gasteiger partial charge in [0.05, 0.1) is 6.04 Å². The van der Waals surface area contributed by atoms with E-state index in [0.29, 0.717) is 6.42 Å². The van der Waals surface area contributed by atoms with Gasteiger partial charge in [-0.3, -0.25) is 4.79 Å². The van der Waals surface area contributed by atoms with Crippen molar-refractivity contribution < 1.29 is 14.3 Å². The van der Waals surface area contributed by atoms with Crippen LogP contribution < -0.4 is 5.32 Å². The highest BCUT2D eigenvalue weighted by atomic mass is 32.2. The summed E-state index contributed by atoms with van der Waals surface area (Å²) in [7, 11) is 0. The van der Waals surface area contributed by atoms with Crippen molar-refractivity contribution in [3.05, 3.63) is 35.9 Å². The Morgan fingerprint density at radius 2 is 1.71 bits per heavy atom. The van der Waals surface area contributed by atoms with Gasteiger partial charge in [0.2, 0.25) is 0 Å². The summed E-state index contributed by atoms with van der Waals surface area (Å²) in [6, 6.07) is 9.40. The topological polar surface area (TPSA) is 55.4 Å². The number of Topliss-reactive ketones (excluding diaryl/α,β-unsaturated/α-hetero) is 1. The standard InChI is InChI=1S/C18H27NO3S2/c1-18(2,3)22-17(21)19-14(15(20)16(23-4)24-5)12-11-13-9-7-6-8-10-13/h6-10,14,16H,11-12H2,1-5H3,(H,19,21). The van der Waals surface area contributed by atoms with E-state index in [4.69, 9.17) is 4.74 Å². The zero-order valence-corrected chi connectivity index (χ0v) is 16.6. The maximum Gasteiger partial charge on any atom is 0.408 e. The predicted molar refractivity (Wildman–Crippen MR) is 104 cm³/mol. The SMILES string of the molecule is CSC(SC)C(=O)C(CCc1ccccc1)NC(=O)OC(C)(C)C. The largest absolute Gasteiger partial charge is 0.444 e. The minimum absolute atomic E-state index is 0.0248. The Kier molecular flexibility index (Phi) is 8.70. The molecule has 6 heteroatoms. The van der Waals surface area contributed by atoms with Gasteiger partial charge in [-0.05, 0) is 51.7 Å². The summed E-state index contributed by atoms with van der Waals surface area (Å²) in [5.74, 6) is 0.0248. The number of carbonyl (C=O) groups is 2. The number of thioether (sulfide) groups is 2. The quantitative estimate of drug-likeness (QED) is 0.698. The lowest BCUT2D eigenvalue weighted by Gasteiger charge is -2.24. The molecule has 0 aliphatic rings. The van der Waals surface area contributed by atoms with Crippen LogP contribution in [0.4, 0.5) is 4.79 Å². The Morgan fingerprint density at radius 3 is 2.21 bits per heavy atom. The summed E-state index contributed by atoms with van der Waals surface area (Å²) in [6.07, 6.45) is 4.54. The highest BCUT2D eigenvalue weighted by Gasteiger charge is 2.28. The first-order valence-corrected chi connectivity index (χ1v) is 10.5. The summed E-state index contributed by atoms with van der Waals surface area (Å²) in [6.45, 7) is 5.42. The van der Waals surface area contributed by atoms with Gasteiger partial charge in [0.25, 0.3) is 0 Å². The summed E-state index contributed by atoms with van der Waals surface area (Å²) < 4.78 is 5.11. The fourth-order valence-electron chi connectivity index (χ4n) is 2.18. The second-order valence-electron chi connectivity index (χ2n) is 6.43. The van der Waals surface area contributed by atoms with Crippen molar-refractivity contribution in [2.24, 2.45) is 0 Å². The Balaban J connectivity index is 2.78. The van der Waals surface area contributed by atoms with E-state index in [0.717, 1.165) is 12.0 Å². The second kappa shape index (κ2) is 9.99. The molecule has 24 heavy (non-hydrogen) atoms. The van der Waals surface area contributed by atoms with Crippen molar-refractivity contribution in [1.82, 2.24) is 5.32 Å². The average Bonchev–Trinajstić information content (AvgIpc) is 2.51. The van der Waals surface area contributed by atoms with E-state index < -0.39 is 17.7 Å². The number of hydrogen-bond acceptors (Lipinski definition) is 5. The Bertz CT molecular complexity index is 525. The first-order chi connectivity index (χ1) is 11.3. The first kappa shape index (κ1) is 20.9. The van der Waals surface area contributed by atoms with Crippen molar-refractivity contribution >= 4 is 35.4 Å². The van der Waals surface area contributed by atoms with Crippen LogP contribution >= 0.6 is 23.5 Å². The first-order valence-electron chi connectivity index (χ1n) is 7.89. The van der Waals surface area contributed by atoms with Crippen LogP contribution in [0.25, 0.3) is 0 Å².